The summed E-state index contributed by atoms with van der Waals surface area (Å²) in [6.07, 6.45) is -0.826. The molecule has 2 aliphatic heterocycles. The zero-order chi connectivity index (χ0) is 12.0. The number of rotatable bonds is 4. The summed E-state index contributed by atoms with van der Waals surface area (Å²) in [6.45, 7) is 2.01. The fourth-order valence-electron chi connectivity index (χ4n) is 2.31. The van der Waals surface area contributed by atoms with Crippen molar-refractivity contribution in [1.82, 2.24) is 0 Å². The van der Waals surface area contributed by atoms with Crippen molar-refractivity contribution in [3.05, 3.63) is 0 Å². The first-order valence-electron chi connectivity index (χ1n) is 5.15. The van der Waals surface area contributed by atoms with E-state index in [1.54, 1.807) is 15.0 Å². The number of hydrogen-bond donors (Lipinski definition) is 1. The van der Waals surface area contributed by atoms with Crippen LogP contribution in [0, 0.1) is 0 Å². The Hall–Kier alpha value is 0.0949. The summed E-state index contributed by atoms with van der Waals surface area (Å²) in [5, 5.41) is 0. The van der Waals surface area contributed by atoms with E-state index in [-0.39, 0.29) is 12.1 Å². The van der Waals surface area contributed by atoms with Gasteiger partial charge < -0.3 is 23.6 Å². The van der Waals surface area contributed by atoms with E-state index in [1.165, 1.54) is 0 Å². The molecule has 2 fully saturated rings. The molecular formula is C8H16BO6P. The Morgan fingerprint density at radius 1 is 1.69 bits per heavy atom. The standard InChI is InChI=1S/C8H16BO6P/c1-12-3-8-4-13-6(8)5(7(9)14-8)15-16(2,10)11/h5-7H,3-4,9H2,1-2H3,(H,10,11). The lowest BCUT2D eigenvalue weighted by Gasteiger charge is -2.43. The Bertz CT molecular complexity index is 320. The Morgan fingerprint density at radius 2 is 2.38 bits per heavy atom. The van der Waals surface area contributed by atoms with Crippen LogP contribution in [0.15, 0.2) is 0 Å². The predicted molar refractivity (Wildman–Crippen MR) is 58.4 cm³/mol. The third-order valence-electron chi connectivity index (χ3n) is 2.91. The summed E-state index contributed by atoms with van der Waals surface area (Å²) in [5.74, 6) is 0. The first-order chi connectivity index (χ1) is 7.38. The molecule has 5 unspecified atom stereocenters. The minimum absolute atomic E-state index is 0.275. The SMILES string of the molecule is BC1OC2(COC)COC2C1OP(C)(=O)O. The van der Waals surface area contributed by atoms with Gasteiger partial charge in [-0.1, -0.05) is 0 Å². The summed E-state index contributed by atoms with van der Waals surface area (Å²) < 4.78 is 32.6. The largest absolute Gasteiger partial charge is 0.381 e. The first kappa shape index (κ1) is 12.5. The fraction of sp³-hybridized carbons (Fsp3) is 1.00. The van der Waals surface area contributed by atoms with Gasteiger partial charge in [0.05, 0.1) is 19.2 Å². The third kappa shape index (κ3) is 2.08. The minimum Gasteiger partial charge on any atom is -0.381 e. The van der Waals surface area contributed by atoms with Crippen molar-refractivity contribution in [2.75, 3.05) is 27.0 Å². The van der Waals surface area contributed by atoms with Crippen molar-refractivity contribution < 1.29 is 28.2 Å². The van der Waals surface area contributed by atoms with E-state index in [9.17, 15) is 9.46 Å². The third-order valence-corrected chi connectivity index (χ3v) is 3.55. The molecule has 2 saturated heterocycles. The Balaban J connectivity index is 2.09. The van der Waals surface area contributed by atoms with Crippen LogP contribution in [-0.4, -0.2) is 63.5 Å². The molecule has 8 heteroatoms. The molecule has 16 heavy (non-hydrogen) atoms. The highest BCUT2D eigenvalue weighted by Crippen LogP contribution is 2.48. The predicted octanol–water partition coefficient (Wildman–Crippen LogP) is -1.04. The molecule has 2 aliphatic rings. The Kier molecular flexibility index (Phi) is 3.20. The normalized spacial score (nSPS) is 45.8. The van der Waals surface area contributed by atoms with Gasteiger partial charge in [0.1, 0.15) is 25.7 Å². The second-order valence-corrected chi connectivity index (χ2v) is 6.24. The molecule has 2 rings (SSSR count). The molecule has 0 saturated carbocycles. The van der Waals surface area contributed by atoms with Crippen molar-refractivity contribution in [2.24, 2.45) is 0 Å². The van der Waals surface area contributed by atoms with Crippen LogP contribution in [0.4, 0.5) is 0 Å². The van der Waals surface area contributed by atoms with Gasteiger partial charge in [0, 0.05) is 13.8 Å². The fourth-order valence-corrected chi connectivity index (χ4v) is 3.05. The van der Waals surface area contributed by atoms with Crippen molar-refractivity contribution in [3.63, 3.8) is 0 Å². The smallest absolute Gasteiger partial charge is 0.325 e. The molecule has 0 spiro atoms. The van der Waals surface area contributed by atoms with Gasteiger partial charge in [-0.15, -0.1) is 0 Å². The van der Waals surface area contributed by atoms with Gasteiger partial charge >= 0.3 is 7.60 Å². The van der Waals surface area contributed by atoms with Crippen LogP contribution in [0.3, 0.4) is 0 Å². The van der Waals surface area contributed by atoms with Gasteiger partial charge in [-0.2, -0.15) is 0 Å². The van der Waals surface area contributed by atoms with E-state index in [4.69, 9.17) is 18.7 Å². The maximum Gasteiger partial charge on any atom is 0.325 e. The summed E-state index contributed by atoms with van der Waals surface area (Å²) in [6, 6.07) is -0.275. The van der Waals surface area contributed by atoms with Crippen LogP contribution >= 0.6 is 7.60 Å². The maximum atomic E-state index is 11.2. The number of methoxy groups -OCH3 is 1. The lowest BCUT2D eigenvalue weighted by molar-refractivity contribution is -0.241. The van der Waals surface area contributed by atoms with E-state index in [0.717, 1.165) is 6.66 Å². The molecule has 5 atom stereocenters. The van der Waals surface area contributed by atoms with E-state index < -0.39 is 19.3 Å². The van der Waals surface area contributed by atoms with Crippen LogP contribution < -0.4 is 0 Å². The molecule has 92 valence electrons. The monoisotopic (exact) mass is 250 g/mol. The lowest BCUT2D eigenvalue weighted by Crippen LogP contribution is -2.61. The van der Waals surface area contributed by atoms with Crippen LogP contribution in [-0.2, 0) is 23.3 Å². The van der Waals surface area contributed by atoms with Crippen LogP contribution in [0.5, 0.6) is 0 Å². The average molecular weight is 250 g/mol. The van der Waals surface area contributed by atoms with Crippen LogP contribution in [0.2, 0.25) is 0 Å². The van der Waals surface area contributed by atoms with Crippen LogP contribution in [0.25, 0.3) is 0 Å². The van der Waals surface area contributed by atoms with E-state index in [2.05, 4.69) is 0 Å². The van der Waals surface area contributed by atoms with Crippen molar-refractivity contribution in [2.45, 2.75) is 23.8 Å². The van der Waals surface area contributed by atoms with E-state index in [0.29, 0.717) is 13.2 Å². The first-order valence-corrected chi connectivity index (χ1v) is 7.17. The summed E-state index contributed by atoms with van der Waals surface area (Å²) in [4.78, 5) is 9.23. The van der Waals surface area contributed by atoms with Crippen molar-refractivity contribution in [1.29, 1.82) is 0 Å². The summed E-state index contributed by atoms with van der Waals surface area (Å²) >= 11 is 0. The van der Waals surface area contributed by atoms with Crippen molar-refractivity contribution >= 4 is 15.4 Å². The molecule has 0 aromatic rings. The molecule has 0 aromatic carbocycles. The highest BCUT2D eigenvalue weighted by Gasteiger charge is 2.62. The molecule has 0 radical (unpaired) electrons. The molecule has 1 N–H and O–H groups in total. The molecule has 0 aliphatic carbocycles. The van der Waals surface area contributed by atoms with Gasteiger partial charge in [0.2, 0.25) is 0 Å². The van der Waals surface area contributed by atoms with Gasteiger partial charge in [0.25, 0.3) is 0 Å². The quantitative estimate of drug-likeness (QED) is 0.507. The lowest BCUT2D eigenvalue weighted by atomic mass is 9.86. The maximum absolute atomic E-state index is 11.2. The van der Waals surface area contributed by atoms with Crippen molar-refractivity contribution in [3.8, 4) is 0 Å². The highest BCUT2D eigenvalue weighted by atomic mass is 31.2. The van der Waals surface area contributed by atoms with Gasteiger partial charge in [-0.3, -0.25) is 4.57 Å². The summed E-state index contributed by atoms with van der Waals surface area (Å²) in [7, 11) is -0.140. The van der Waals surface area contributed by atoms with E-state index in [1.807, 2.05) is 0 Å². The molecular weight excluding hydrogens is 234 g/mol. The molecule has 0 aromatic heterocycles. The Labute approximate surface area is 95.1 Å². The topological polar surface area (TPSA) is 74.2 Å². The second-order valence-electron chi connectivity index (χ2n) is 4.43. The zero-order valence-electron chi connectivity index (χ0n) is 9.58. The number of ether oxygens (including phenoxy) is 3. The molecule has 0 amide bonds. The Morgan fingerprint density at radius 3 is 2.81 bits per heavy atom. The zero-order valence-corrected chi connectivity index (χ0v) is 10.5. The molecule has 0 bridgehead atoms. The summed E-state index contributed by atoms with van der Waals surface area (Å²) in [5.41, 5.74) is -0.506. The van der Waals surface area contributed by atoms with Gasteiger partial charge in [-0.05, 0) is 0 Å². The van der Waals surface area contributed by atoms with Gasteiger partial charge in [-0.25, -0.2) is 0 Å². The highest BCUT2D eigenvalue weighted by molar-refractivity contribution is 7.51. The number of hydrogen-bond acceptors (Lipinski definition) is 5. The minimum atomic E-state index is -3.53. The number of fused-ring (bicyclic) bond motifs is 1. The van der Waals surface area contributed by atoms with Gasteiger partial charge in [0.15, 0.2) is 0 Å². The molecule has 2 heterocycles. The average Bonchev–Trinajstić information content (AvgIpc) is 2.26. The van der Waals surface area contributed by atoms with Crippen LogP contribution in [0.1, 0.15) is 0 Å². The van der Waals surface area contributed by atoms with E-state index >= 15 is 0 Å². The molecule has 6 nitrogen and oxygen atoms in total. The second kappa shape index (κ2) is 4.08.